The van der Waals surface area contributed by atoms with Gasteiger partial charge in [-0.05, 0) is 50.8 Å². The van der Waals surface area contributed by atoms with E-state index in [1.165, 1.54) is 18.2 Å². The van der Waals surface area contributed by atoms with Crippen molar-refractivity contribution < 1.29 is 14.5 Å². The van der Waals surface area contributed by atoms with Crippen LogP contribution in [-0.2, 0) is 17.9 Å². The van der Waals surface area contributed by atoms with Crippen LogP contribution >= 0.6 is 27.5 Å². The van der Waals surface area contributed by atoms with E-state index in [0.29, 0.717) is 27.9 Å². The predicted octanol–water partition coefficient (Wildman–Crippen LogP) is 5.81. The number of hydrogen-bond donors (Lipinski definition) is 1. The molecule has 3 aromatic carbocycles. The molecule has 3 rings (SSSR count). The van der Waals surface area contributed by atoms with E-state index in [1.54, 1.807) is 24.3 Å². The highest BCUT2D eigenvalue weighted by Crippen LogP contribution is 2.36. The van der Waals surface area contributed by atoms with E-state index in [2.05, 4.69) is 21.2 Å². The van der Waals surface area contributed by atoms with Gasteiger partial charge >= 0.3 is 0 Å². The second kappa shape index (κ2) is 11.3. The average molecular weight is 527 g/mol. The van der Waals surface area contributed by atoms with Gasteiger partial charge in [0, 0.05) is 18.7 Å². The average Bonchev–Trinajstić information content (AvgIpc) is 2.81. The summed E-state index contributed by atoms with van der Waals surface area (Å²) in [4.78, 5) is 22.9. The quantitative estimate of drug-likeness (QED) is 0.172. The number of carbonyl (C=O) groups is 1. The molecule has 33 heavy (non-hydrogen) atoms. The molecule has 0 aromatic heterocycles. The Bertz CT molecular complexity index is 1230. The number of nitrogens with zero attached hydrogens (tertiary/aromatic N) is 2. The number of rotatable bonds is 8. The van der Waals surface area contributed by atoms with E-state index in [4.69, 9.17) is 16.3 Å². The molecule has 1 N–H and O–H groups in total. The molecule has 0 saturated carbocycles. The summed E-state index contributed by atoms with van der Waals surface area (Å²) in [5, 5.41) is 23.3. The van der Waals surface area contributed by atoms with Crippen LogP contribution in [0.5, 0.6) is 5.75 Å². The molecule has 0 aliphatic carbocycles. The highest BCUT2D eigenvalue weighted by atomic mass is 79.9. The molecule has 0 spiro atoms. The van der Waals surface area contributed by atoms with Crippen molar-refractivity contribution in [3.63, 3.8) is 0 Å². The van der Waals surface area contributed by atoms with E-state index >= 15 is 0 Å². The molecular weight excluding hydrogens is 510 g/mol. The fourth-order valence-corrected chi connectivity index (χ4v) is 3.89. The molecule has 0 aliphatic rings. The number of nitrogens with one attached hydrogen (secondary N) is 1. The predicted molar refractivity (Wildman–Crippen MR) is 128 cm³/mol. The van der Waals surface area contributed by atoms with E-state index in [0.717, 1.165) is 5.56 Å². The Morgan fingerprint density at radius 3 is 2.55 bits per heavy atom. The first-order chi connectivity index (χ1) is 15.9. The normalized spacial score (nSPS) is 10.9. The van der Waals surface area contributed by atoms with Crippen molar-refractivity contribution in [3.05, 3.63) is 109 Å². The minimum Gasteiger partial charge on any atom is -0.486 e. The number of nitro groups is 1. The van der Waals surface area contributed by atoms with Crippen LogP contribution in [0.25, 0.3) is 6.08 Å². The van der Waals surface area contributed by atoms with Crippen LogP contribution in [0.1, 0.15) is 16.7 Å². The second-order valence-corrected chi connectivity index (χ2v) is 8.13. The number of hydrogen-bond acceptors (Lipinski definition) is 5. The minimum absolute atomic E-state index is 0.0312. The monoisotopic (exact) mass is 525 g/mol. The lowest BCUT2D eigenvalue weighted by molar-refractivity contribution is -0.384. The van der Waals surface area contributed by atoms with Gasteiger partial charge in [0.1, 0.15) is 18.2 Å². The van der Waals surface area contributed by atoms with E-state index in [-0.39, 0.29) is 22.9 Å². The van der Waals surface area contributed by atoms with Crippen LogP contribution in [0.4, 0.5) is 5.69 Å². The van der Waals surface area contributed by atoms with Gasteiger partial charge in [-0.1, -0.05) is 54.1 Å². The molecule has 3 aromatic rings. The lowest BCUT2D eigenvalue weighted by Gasteiger charge is -2.11. The molecule has 0 saturated heterocycles. The Labute approximate surface area is 203 Å². The maximum atomic E-state index is 12.4. The smallest absolute Gasteiger partial charge is 0.269 e. The number of amides is 1. The van der Waals surface area contributed by atoms with Crippen molar-refractivity contribution in [3.8, 4) is 11.8 Å². The molecule has 0 aliphatic heterocycles. The van der Waals surface area contributed by atoms with Gasteiger partial charge in [0.05, 0.1) is 14.4 Å². The molecule has 9 heteroatoms. The number of non-ortho nitro benzene ring substituents is 1. The maximum Gasteiger partial charge on any atom is 0.269 e. The minimum atomic E-state index is -0.500. The molecule has 0 bridgehead atoms. The van der Waals surface area contributed by atoms with Gasteiger partial charge in [0.25, 0.3) is 11.6 Å². The van der Waals surface area contributed by atoms with Crippen molar-refractivity contribution in [2.75, 3.05) is 0 Å². The highest BCUT2D eigenvalue weighted by molar-refractivity contribution is 9.10. The summed E-state index contributed by atoms with van der Waals surface area (Å²) >= 11 is 9.74. The van der Waals surface area contributed by atoms with Crippen molar-refractivity contribution in [1.29, 1.82) is 5.26 Å². The first-order valence-electron chi connectivity index (χ1n) is 9.66. The SMILES string of the molecule is N#C/C(=C/c1cc(Cl)c(OCc2cccc([N+](=O)[O-])c2)c(Br)c1)C(=O)NCc1ccccc1. The largest absolute Gasteiger partial charge is 0.486 e. The Hall–Kier alpha value is -3.67. The number of halogens is 2. The summed E-state index contributed by atoms with van der Waals surface area (Å²) in [6.07, 6.45) is 1.43. The topological polar surface area (TPSA) is 105 Å². The summed E-state index contributed by atoms with van der Waals surface area (Å²) in [6.45, 7) is 0.369. The number of carbonyl (C=O) groups excluding carboxylic acids is 1. The molecule has 0 radical (unpaired) electrons. The number of nitro benzene ring substituents is 1. The standard InChI is InChI=1S/C24H17BrClN3O4/c25-21-11-18(9-19(13-27)24(30)28-14-16-5-2-1-3-6-16)12-22(26)23(21)33-15-17-7-4-8-20(10-17)29(31)32/h1-12H,14-15H2,(H,28,30)/b19-9-. The third-order valence-corrected chi connectivity index (χ3v) is 5.37. The number of nitriles is 1. The van der Waals surface area contributed by atoms with Crippen molar-refractivity contribution >= 4 is 45.2 Å². The molecular formula is C24H17BrClN3O4. The van der Waals surface area contributed by atoms with Crippen molar-refractivity contribution in [1.82, 2.24) is 5.32 Å². The Morgan fingerprint density at radius 1 is 1.15 bits per heavy atom. The first kappa shape index (κ1) is 24.0. The van der Waals surface area contributed by atoms with Gasteiger partial charge in [-0.25, -0.2) is 0 Å². The summed E-state index contributed by atoms with van der Waals surface area (Å²) in [5.74, 6) is -0.160. The van der Waals surface area contributed by atoms with Gasteiger partial charge in [-0.15, -0.1) is 0 Å². The third kappa shape index (κ3) is 6.65. The Morgan fingerprint density at radius 2 is 1.88 bits per heavy atom. The van der Waals surface area contributed by atoms with Crippen LogP contribution in [0, 0.1) is 21.4 Å². The molecule has 1 amide bonds. The third-order valence-electron chi connectivity index (χ3n) is 4.50. The summed E-state index contributed by atoms with van der Waals surface area (Å²) in [6, 6.07) is 20.6. The lowest BCUT2D eigenvalue weighted by atomic mass is 10.1. The van der Waals surface area contributed by atoms with E-state index in [1.807, 2.05) is 36.4 Å². The molecule has 7 nitrogen and oxygen atoms in total. The maximum absolute atomic E-state index is 12.4. The molecule has 166 valence electrons. The Balaban J connectivity index is 1.72. The second-order valence-electron chi connectivity index (χ2n) is 6.87. The fourth-order valence-electron chi connectivity index (χ4n) is 2.90. The van der Waals surface area contributed by atoms with Crippen LogP contribution in [-0.4, -0.2) is 10.8 Å². The van der Waals surface area contributed by atoms with Crippen LogP contribution in [0.3, 0.4) is 0 Å². The molecule has 0 unspecified atom stereocenters. The van der Waals surface area contributed by atoms with Crippen LogP contribution in [0.2, 0.25) is 5.02 Å². The zero-order valence-electron chi connectivity index (χ0n) is 17.1. The molecule has 0 atom stereocenters. The first-order valence-corrected chi connectivity index (χ1v) is 10.8. The zero-order valence-corrected chi connectivity index (χ0v) is 19.5. The molecule has 0 fully saturated rings. The van der Waals surface area contributed by atoms with Gasteiger partial charge in [-0.3, -0.25) is 14.9 Å². The van der Waals surface area contributed by atoms with Gasteiger partial charge in [0.2, 0.25) is 0 Å². The van der Waals surface area contributed by atoms with Crippen LogP contribution < -0.4 is 10.1 Å². The number of benzene rings is 3. The van der Waals surface area contributed by atoms with Crippen LogP contribution in [0.15, 0.2) is 76.8 Å². The van der Waals surface area contributed by atoms with Crippen molar-refractivity contribution in [2.24, 2.45) is 0 Å². The molecule has 0 heterocycles. The van der Waals surface area contributed by atoms with Gasteiger partial charge in [-0.2, -0.15) is 5.26 Å². The zero-order chi connectivity index (χ0) is 23.8. The highest BCUT2D eigenvalue weighted by Gasteiger charge is 2.13. The summed E-state index contributed by atoms with van der Waals surface area (Å²) < 4.78 is 6.25. The van der Waals surface area contributed by atoms with Gasteiger partial charge < -0.3 is 10.1 Å². The summed E-state index contributed by atoms with van der Waals surface area (Å²) in [5.41, 5.74) is 1.95. The summed E-state index contributed by atoms with van der Waals surface area (Å²) in [7, 11) is 0. The van der Waals surface area contributed by atoms with E-state index in [9.17, 15) is 20.2 Å². The fraction of sp³-hybridized carbons (Fsp3) is 0.0833. The van der Waals surface area contributed by atoms with Gasteiger partial charge in [0.15, 0.2) is 5.75 Å². The van der Waals surface area contributed by atoms with Crippen molar-refractivity contribution in [2.45, 2.75) is 13.2 Å². The van der Waals surface area contributed by atoms with E-state index < -0.39 is 10.8 Å². The Kier molecular flexibility index (Phi) is 8.19. The lowest BCUT2D eigenvalue weighted by Crippen LogP contribution is -2.23. The number of ether oxygens (including phenoxy) is 1.